The van der Waals surface area contributed by atoms with Crippen LogP contribution in [-0.2, 0) is 11.3 Å². The van der Waals surface area contributed by atoms with Crippen molar-refractivity contribution in [1.29, 1.82) is 0 Å². The number of hydrazone groups is 1. The summed E-state index contributed by atoms with van der Waals surface area (Å²) in [5.41, 5.74) is 6.22. The van der Waals surface area contributed by atoms with Crippen LogP contribution in [0, 0.1) is 0 Å². The molecule has 1 N–H and O–H groups in total. The van der Waals surface area contributed by atoms with Crippen molar-refractivity contribution in [2.45, 2.75) is 11.7 Å². The highest BCUT2D eigenvalue weighted by Gasteiger charge is 2.14. The zero-order valence-electron chi connectivity index (χ0n) is 15.9. The second-order valence-corrected chi connectivity index (χ2v) is 7.78. The molecule has 0 aliphatic carbocycles. The lowest BCUT2D eigenvalue weighted by atomic mass is 10.2. The Kier molecular flexibility index (Phi) is 6.41. The molecule has 0 aliphatic rings. The molecule has 2 heterocycles. The van der Waals surface area contributed by atoms with Crippen LogP contribution in [0.4, 0.5) is 0 Å². The van der Waals surface area contributed by atoms with Gasteiger partial charge in [0.1, 0.15) is 0 Å². The standard InChI is InChI=1S/C22H18ClN5OS/c23-18-8-2-1-7-17(18)14-28-20-10-4-3-9-19(20)26-22(28)30-15-21(29)27-25-13-16-6-5-11-24-12-16/h1-13H,14-15H2,(H,27,29)/b25-13-. The Bertz CT molecular complexity index is 1190. The number of benzene rings is 2. The van der Waals surface area contributed by atoms with Crippen LogP contribution in [0.5, 0.6) is 0 Å². The average Bonchev–Trinajstić information content (AvgIpc) is 3.12. The highest BCUT2D eigenvalue weighted by Crippen LogP contribution is 2.26. The van der Waals surface area contributed by atoms with E-state index >= 15 is 0 Å². The van der Waals surface area contributed by atoms with Gasteiger partial charge in [0.25, 0.3) is 5.91 Å². The number of thioether (sulfide) groups is 1. The van der Waals surface area contributed by atoms with E-state index in [4.69, 9.17) is 16.6 Å². The van der Waals surface area contributed by atoms with Crippen molar-refractivity contribution in [3.8, 4) is 0 Å². The molecule has 2 aromatic carbocycles. The van der Waals surface area contributed by atoms with Crippen LogP contribution in [-0.4, -0.2) is 32.4 Å². The van der Waals surface area contributed by atoms with Gasteiger partial charge >= 0.3 is 0 Å². The van der Waals surface area contributed by atoms with Gasteiger partial charge in [0.05, 0.1) is 29.5 Å². The number of carbonyl (C=O) groups is 1. The van der Waals surface area contributed by atoms with Gasteiger partial charge in [-0.25, -0.2) is 10.4 Å². The average molecular weight is 436 g/mol. The van der Waals surface area contributed by atoms with Gasteiger partial charge in [0.2, 0.25) is 0 Å². The van der Waals surface area contributed by atoms with E-state index in [0.29, 0.717) is 11.6 Å². The number of nitrogens with zero attached hydrogens (tertiary/aromatic N) is 4. The first-order valence-electron chi connectivity index (χ1n) is 9.24. The fourth-order valence-corrected chi connectivity index (χ4v) is 3.91. The van der Waals surface area contributed by atoms with Gasteiger partial charge in [-0.15, -0.1) is 0 Å². The maximum atomic E-state index is 12.2. The lowest BCUT2D eigenvalue weighted by Gasteiger charge is -2.10. The first-order valence-corrected chi connectivity index (χ1v) is 10.6. The van der Waals surface area contributed by atoms with Crippen LogP contribution < -0.4 is 5.43 Å². The number of carbonyl (C=O) groups excluding carboxylic acids is 1. The summed E-state index contributed by atoms with van der Waals surface area (Å²) in [5.74, 6) is -0.0209. The summed E-state index contributed by atoms with van der Waals surface area (Å²) in [7, 11) is 0. The number of aromatic nitrogens is 3. The number of pyridine rings is 1. The molecule has 0 bridgehead atoms. The second-order valence-electron chi connectivity index (χ2n) is 6.43. The van der Waals surface area contributed by atoms with Crippen LogP contribution in [0.15, 0.2) is 83.3 Å². The molecule has 8 heteroatoms. The van der Waals surface area contributed by atoms with E-state index in [1.165, 1.54) is 11.8 Å². The molecule has 0 unspecified atom stereocenters. The molecule has 4 rings (SSSR count). The molecule has 30 heavy (non-hydrogen) atoms. The summed E-state index contributed by atoms with van der Waals surface area (Å²) in [5, 5.41) is 5.43. The van der Waals surface area contributed by atoms with E-state index < -0.39 is 0 Å². The Hall–Kier alpha value is -3.16. The molecule has 1 amide bonds. The fraction of sp³-hybridized carbons (Fsp3) is 0.0909. The van der Waals surface area contributed by atoms with E-state index in [0.717, 1.165) is 27.3 Å². The third kappa shape index (κ3) is 4.87. The summed E-state index contributed by atoms with van der Waals surface area (Å²) in [6, 6.07) is 19.3. The molecule has 0 radical (unpaired) electrons. The van der Waals surface area contributed by atoms with Crippen molar-refractivity contribution >= 4 is 46.5 Å². The fourth-order valence-electron chi connectivity index (χ4n) is 2.91. The third-order valence-corrected chi connectivity index (χ3v) is 5.67. The zero-order chi connectivity index (χ0) is 20.8. The number of para-hydroxylation sites is 2. The molecule has 0 saturated carbocycles. The number of nitrogens with one attached hydrogen (secondary N) is 1. The Labute approximate surface area is 183 Å². The minimum atomic E-state index is -0.212. The molecular formula is C22H18ClN5OS. The number of imidazole rings is 1. The third-order valence-electron chi connectivity index (χ3n) is 4.33. The lowest BCUT2D eigenvalue weighted by molar-refractivity contribution is -0.118. The molecule has 0 aliphatic heterocycles. The van der Waals surface area contributed by atoms with E-state index in [1.807, 2.05) is 60.7 Å². The highest BCUT2D eigenvalue weighted by atomic mass is 35.5. The Morgan fingerprint density at radius 2 is 1.97 bits per heavy atom. The van der Waals surface area contributed by atoms with Crippen molar-refractivity contribution < 1.29 is 4.79 Å². The summed E-state index contributed by atoms with van der Waals surface area (Å²) < 4.78 is 2.08. The van der Waals surface area contributed by atoms with Gasteiger partial charge in [-0.2, -0.15) is 5.10 Å². The molecule has 150 valence electrons. The topological polar surface area (TPSA) is 72.2 Å². The first-order chi connectivity index (χ1) is 14.7. The summed E-state index contributed by atoms with van der Waals surface area (Å²) in [6.07, 6.45) is 4.91. The molecule has 4 aromatic rings. The van der Waals surface area contributed by atoms with E-state index in [9.17, 15) is 4.79 Å². The number of halogens is 1. The van der Waals surface area contributed by atoms with Gasteiger partial charge in [-0.3, -0.25) is 9.78 Å². The number of hydrogen-bond donors (Lipinski definition) is 1. The number of rotatable bonds is 7. The van der Waals surface area contributed by atoms with Crippen LogP contribution in [0.2, 0.25) is 5.02 Å². The van der Waals surface area contributed by atoms with Crippen molar-refractivity contribution in [3.05, 3.63) is 89.2 Å². The van der Waals surface area contributed by atoms with Crippen LogP contribution in [0.1, 0.15) is 11.1 Å². The van der Waals surface area contributed by atoms with Crippen LogP contribution >= 0.6 is 23.4 Å². The molecular weight excluding hydrogens is 418 g/mol. The summed E-state index contributed by atoms with van der Waals surface area (Å²) in [4.78, 5) is 20.9. The molecule has 2 aromatic heterocycles. The van der Waals surface area contributed by atoms with Gasteiger partial charge in [0, 0.05) is 23.0 Å². The van der Waals surface area contributed by atoms with Crippen molar-refractivity contribution in [1.82, 2.24) is 20.0 Å². The minimum absolute atomic E-state index is 0.191. The molecule has 6 nitrogen and oxygen atoms in total. The van der Waals surface area contributed by atoms with Crippen molar-refractivity contribution in [2.24, 2.45) is 5.10 Å². The van der Waals surface area contributed by atoms with E-state index in [1.54, 1.807) is 18.6 Å². The van der Waals surface area contributed by atoms with Gasteiger partial charge in [0.15, 0.2) is 5.16 Å². The van der Waals surface area contributed by atoms with Crippen molar-refractivity contribution in [3.63, 3.8) is 0 Å². The monoisotopic (exact) mass is 435 g/mol. The second kappa shape index (κ2) is 9.56. The zero-order valence-corrected chi connectivity index (χ0v) is 17.5. The molecule has 0 fully saturated rings. The van der Waals surface area contributed by atoms with Gasteiger partial charge in [-0.1, -0.05) is 59.8 Å². The predicted octanol–water partition coefficient (Wildman–Crippen LogP) is 4.38. The lowest BCUT2D eigenvalue weighted by Crippen LogP contribution is -2.20. The van der Waals surface area contributed by atoms with E-state index in [2.05, 4.69) is 20.1 Å². The number of fused-ring (bicyclic) bond motifs is 1. The quantitative estimate of drug-likeness (QED) is 0.266. The Morgan fingerprint density at radius 3 is 2.80 bits per heavy atom. The highest BCUT2D eigenvalue weighted by molar-refractivity contribution is 7.99. The summed E-state index contributed by atoms with van der Waals surface area (Å²) in [6.45, 7) is 0.573. The number of hydrogen-bond acceptors (Lipinski definition) is 5. The van der Waals surface area contributed by atoms with Gasteiger partial charge in [-0.05, 0) is 29.8 Å². The molecule has 0 spiro atoms. The SMILES string of the molecule is O=C(CSc1nc2ccccc2n1Cc1ccccc1Cl)N/N=C\c1cccnc1. The Balaban J connectivity index is 1.47. The maximum absolute atomic E-state index is 12.2. The number of amides is 1. The predicted molar refractivity (Wildman–Crippen MR) is 121 cm³/mol. The summed E-state index contributed by atoms with van der Waals surface area (Å²) >= 11 is 7.72. The first kappa shape index (κ1) is 20.1. The molecule has 0 atom stereocenters. The van der Waals surface area contributed by atoms with Crippen LogP contribution in [0.3, 0.4) is 0 Å². The maximum Gasteiger partial charge on any atom is 0.250 e. The van der Waals surface area contributed by atoms with E-state index in [-0.39, 0.29) is 11.7 Å². The smallest absolute Gasteiger partial charge is 0.250 e. The normalized spacial score (nSPS) is 11.2. The Morgan fingerprint density at radius 1 is 1.13 bits per heavy atom. The van der Waals surface area contributed by atoms with Crippen molar-refractivity contribution in [2.75, 3.05) is 5.75 Å². The minimum Gasteiger partial charge on any atom is -0.314 e. The molecule has 0 saturated heterocycles. The van der Waals surface area contributed by atoms with Gasteiger partial charge < -0.3 is 4.57 Å². The van der Waals surface area contributed by atoms with Crippen LogP contribution in [0.25, 0.3) is 11.0 Å². The largest absolute Gasteiger partial charge is 0.314 e.